The molecule has 3 aromatic rings. The van der Waals surface area contributed by atoms with Crippen molar-refractivity contribution in [3.63, 3.8) is 0 Å². The first-order chi connectivity index (χ1) is 15.1. The smallest absolute Gasteiger partial charge is 0.119 e. The van der Waals surface area contributed by atoms with Gasteiger partial charge in [-0.25, -0.2) is 0 Å². The summed E-state index contributed by atoms with van der Waals surface area (Å²) in [7, 11) is 0. The van der Waals surface area contributed by atoms with Gasteiger partial charge in [0.1, 0.15) is 18.5 Å². The third-order valence-corrected chi connectivity index (χ3v) is 5.19. The van der Waals surface area contributed by atoms with Gasteiger partial charge < -0.3 is 15.2 Å². The average molecular weight is 416 g/mol. The molecule has 0 bridgehead atoms. The summed E-state index contributed by atoms with van der Waals surface area (Å²) in [4.78, 5) is 0. The number of aliphatic hydroxyl groups excluding tert-OH is 1. The van der Waals surface area contributed by atoms with Crippen LogP contribution in [0, 0.1) is 0 Å². The van der Waals surface area contributed by atoms with Crippen molar-refractivity contribution in [2.75, 3.05) is 13.2 Å². The van der Waals surface area contributed by atoms with E-state index in [2.05, 4.69) is 92.8 Å². The van der Waals surface area contributed by atoms with Crippen LogP contribution in [-0.2, 0) is 0 Å². The van der Waals surface area contributed by atoms with Crippen LogP contribution in [0.15, 0.2) is 84.9 Å². The van der Waals surface area contributed by atoms with Crippen molar-refractivity contribution < 1.29 is 9.84 Å². The molecule has 0 aliphatic carbocycles. The van der Waals surface area contributed by atoms with Gasteiger partial charge in [-0.05, 0) is 46.4 Å². The molecule has 3 nitrogen and oxygen atoms in total. The Labute approximate surface area is 186 Å². The van der Waals surface area contributed by atoms with Gasteiger partial charge in [-0.3, -0.25) is 0 Å². The monoisotopic (exact) mass is 415 g/mol. The van der Waals surface area contributed by atoms with Crippen LogP contribution in [0.4, 0.5) is 0 Å². The number of hydrogen-bond acceptors (Lipinski definition) is 3. The number of nitrogens with one attached hydrogen (secondary N) is 1. The van der Waals surface area contributed by atoms with Crippen molar-refractivity contribution in [3.8, 4) is 5.75 Å². The van der Waals surface area contributed by atoms with Gasteiger partial charge in [-0.15, -0.1) is 0 Å². The molecule has 0 aromatic heterocycles. The molecule has 0 aliphatic heterocycles. The third-order valence-electron chi connectivity index (χ3n) is 5.19. The highest BCUT2D eigenvalue weighted by Gasteiger charge is 2.13. The molecule has 0 spiro atoms. The van der Waals surface area contributed by atoms with Gasteiger partial charge >= 0.3 is 0 Å². The van der Waals surface area contributed by atoms with E-state index in [0.717, 1.165) is 17.7 Å². The van der Waals surface area contributed by atoms with Crippen molar-refractivity contribution in [1.82, 2.24) is 5.32 Å². The van der Waals surface area contributed by atoms with Gasteiger partial charge in [0, 0.05) is 12.6 Å². The molecule has 31 heavy (non-hydrogen) atoms. The summed E-state index contributed by atoms with van der Waals surface area (Å²) in [6, 6.07) is 29.6. The maximum absolute atomic E-state index is 10.1. The Morgan fingerprint density at radius 1 is 0.806 bits per heavy atom. The van der Waals surface area contributed by atoms with Crippen LogP contribution in [0.5, 0.6) is 5.75 Å². The average Bonchev–Trinajstić information content (AvgIpc) is 2.81. The molecular weight excluding hydrogens is 382 g/mol. The summed E-state index contributed by atoms with van der Waals surface area (Å²) in [6.07, 6.45) is 0.397. The van der Waals surface area contributed by atoms with Gasteiger partial charge in [-0.1, -0.05) is 93.6 Å². The molecule has 3 aromatic carbocycles. The highest BCUT2D eigenvalue weighted by atomic mass is 16.5. The van der Waals surface area contributed by atoms with Crippen LogP contribution in [0.25, 0.3) is 11.1 Å². The minimum absolute atomic E-state index is 0.269. The standard InChI is InChI=1S/C28H33NO2/c1-4-27(22-11-7-5-8-12-22)28(23-13-9-6-10-14-23)24-15-17-26(18-16-24)31-20-25(30)19-29-21(2)3/h5-18,21,25,29-30H,4,19-20H2,1-3H3/b28-27-. The van der Waals surface area contributed by atoms with Gasteiger partial charge in [0.15, 0.2) is 0 Å². The molecular formula is C28H33NO2. The van der Waals surface area contributed by atoms with E-state index in [4.69, 9.17) is 4.74 Å². The first-order valence-electron chi connectivity index (χ1n) is 11.1. The number of aliphatic hydroxyl groups is 1. The van der Waals surface area contributed by atoms with Crippen LogP contribution in [-0.4, -0.2) is 30.4 Å². The molecule has 0 radical (unpaired) electrons. The van der Waals surface area contributed by atoms with E-state index < -0.39 is 6.10 Å². The van der Waals surface area contributed by atoms with Crippen molar-refractivity contribution in [3.05, 3.63) is 102 Å². The maximum atomic E-state index is 10.1. The Balaban J connectivity index is 1.86. The van der Waals surface area contributed by atoms with E-state index in [9.17, 15) is 5.11 Å². The van der Waals surface area contributed by atoms with Gasteiger partial charge in [0.25, 0.3) is 0 Å². The minimum Gasteiger partial charge on any atom is -0.491 e. The molecule has 0 aliphatic rings. The largest absolute Gasteiger partial charge is 0.491 e. The van der Waals surface area contributed by atoms with Gasteiger partial charge in [-0.2, -0.15) is 0 Å². The zero-order valence-electron chi connectivity index (χ0n) is 18.7. The lowest BCUT2D eigenvalue weighted by Crippen LogP contribution is -2.35. The number of rotatable bonds is 10. The molecule has 3 rings (SSSR count). The molecule has 0 amide bonds. The van der Waals surface area contributed by atoms with Crippen molar-refractivity contribution in [2.24, 2.45) is 0 Å². The number of benzene rings is 3. The molecule has 0 fully saturated rings. The second-order valence-electron chi connectivity index (χ2n) is 7.99. The normalized spacial score (nSPS) is 13.1. The number of hydrogen-bond donors (Lipinski definition) is 2. The molecule has 162 valence electrons. The first kappa shape index (κ1) is 22.8. The minimum atomic E-state index is -0.536. The predicted octanol–water partition coefficient (Wildman–Crippen LogP) is 5.79. The first-order valence-corrected chi connectivity index (χ1v) is 11.1. The SMILES string of the molecule is CC/C(=C(\c1ccccc1)c1ccc(OCC(O)CNC(C)C)cc1)c1ccccc1. The van der Waals surface area contributed by atoms with Crippen molar-refractivity contribution >= 4 is 11.1 Å². The quantitative estimate of drug-likeness (QED) is 0.412. The lowest BCUT2D eigenvalue weighted by atomic mass is 9.88. The summed E-state index contributed by atoms with van der Waals surface area (Å²) in [6.45, 7) is 7.11. The second-order valence-corrected chi connectivity index (χ2v) is 7.99. The van der Waals surface area contributed by atoms with Crippen LogP contribution in [0.1, 0.15) is 43.9 Å². The van der Waals surface area contributed by atoms with Crippen LogP contribution in [0.3, 0.4) is 0 Å². The van der Waals surface area contributed by atoms with E-state index >= 15 is 0 Å². The Hall–Kier alpha value is -2.88. The maximum Gasteiger partial charge on any atom is 0.119 e. The van der Waals surface area contributed by atoms with Gasteiger partial charge in [0.2, 0.25) is 0 Å². The number of ether oxygens (including phenoxy) is 1. The van der Waals surface area contributed by atoms with Crippen molar-refractivity contribution in [1.29, 1.82) is 0 Å². The molecule has 2 N–H and O–H groups in total. The fourth-order valence-electron chi connectivity index (χ4n) is 3.63. The van der Waals surface area contributed by atoms with Crippen LogP contribution < -0.4 is 10.1 Å². The summed E-state index contributed by atoms with van der Waals surface area (Å²) in [5.74, 6) is 0.762. The highest BCUT2D eigenvalue weighted by Crippen LogP contribution is 2.34. The van der Waals surface area contributed by atoms with Crippen molar-refractivity contribution in [2.45, 2.75) is 39.3 Å². The van der Waals surface area contributed by atoms with E-state index in [-0.39, 0.29) is 6.61 Å². The summed E-state index contributed by atoms with van der Waals surface area (Å²) in [5.41, 5.74) is 6.15. The van der Waals surface area contributed by atoms with E-state index in [1.165, 1.54) is 22.3 Å². The van der Waals surface area contributed by atoms with E-state index in [1.54, 1.807) is 0 Å². The molecule has 3 heteroatoms. The van der Waals surface area contributed by atoms with Gasteiger partial charge in [0.05, 0.1) is 0 Å². The molecule has 1 atom stereocenters. The van der Waals surface area contributed by atoms with E-state index in [0.29, 0.717) is 12.6 Å². The summed E-state index contributed by atoms with van der Waals surface area (Å²) in [5, 5.41) is 13.3. The fourth-order valence-corrected chi connectivity index (χ4v) is 3.63. The Kier molecular flexibility index (Phi) is 8.45. The topological polar surface area (TPSA) is 41.5 Å². The Bertz CT molecular complexity index is 947. The Morgan fingerprint density at radius 3 is 1.90 bits per heavy atom. The molecule has 1 unspecified atom stereocenters. The van der Waals surface area contributed by atoms with Crippen LogP contribution >= 0.6 is 0 Å². The lowest BCUT2D eigenvalue weighted by Gasteiger charge is -2.17. The fraction of sp³-hybridized carbons (Fsp3) is 0.286. The zero-order chi connectivity index (χ0) is 22.1. The highest BCUT2D eigenvalue weighted by molar-refractivity contribution is 5.98. The lowest BCUT2D eigenvalue weighted by molar-refractivity contribution is 0.104. The molecule has 0 heterocycles. The summed E-state index contributed by atoms with van der Waals surface area (Å²) < 4.78 is 5.81. The number of allylic oxidation sites excluding steroid dienone is 1. The Morgan fingerprint density at radius 2 is 1.35 bits per heavy atom. The third kappa shape index (κ3) is 6.55. The summed E-state index contributed by atoms with van der Waals surface area (Å²) >= 11 is 0. The zero-order valence-corrected chi connectivity index (χ0v) is 18.7. The van der Waals surface area contributed by atoms with E-state index in [1.807, 2.05) is 18.2 Å². The molecule has 0 saturated carbocycles. The molecule has 0 saturated heterocycles. The second kappa shape index (κ2) is 11.5. The predicted molar refractivity (Wildman–Crippen MR) is 130 cm³/mol. The van der Waals surface area contributed by atoms with Crippen LogP contribution in [0.2, 0.25) is 0 Å².